The highest BCUT2D eigenvalue weighted by Gasteiger charge is 2.29. The smallest absolute Gasteiger partial charge is 0.0828 e. The minimum atomic E-state index is -0.535. The molecule has 0 aromatic carbocycles. The molecule has 0 aromatic rings. The van der Waals surface area contributed by atoms with Gasteiger partial charge in [0.2, 0.25) is 0 Å². The predicted molar refractivity (Wildman–Crippen MR) is 46.4 cm³/mol. The molecule has 0 amide bonds. The van der Waals surface area contributed by atoms with Gasteiger partial charge in [0.15, 0.2) is 0 Å². The lowest BCUT2D eigenvalue weighted by Crippen LogP contribution is -2.43. The predicted octanol–water partition coefficient (Wildman–Crippen LogP) is 0.923. The quantitative estimate of drug-likeness (QED) is 0.552. The molecule has 0 bridgehead atoms. The summed E-state index contributed by atoms with van der Waals surface area (Å²) >= 11 is 0. The molecule has 2 nitrogen and oxygen atoms in total. The zero-order valence-electron chi connectivity index (χ0n) is 7.30. The van der Waals surface area contributed by atoms with Gasteiger partial charge in [-0.1, -0.05) is 26.0 Å². The highest BCUT2D eigenvalue weighted by atomic mass is 16.3. The molecule has 1 rings (SSSR count). The van der Waals surface area contributed by atoms with E-state index in [9.17, 15) is 5.11 Å². The number of hydrogen-bond acceptors (Lipinski definition) is 2. The maximum absolute atomic E-state index is 10.0. The summed E-state index contributed by atoms with van der Waals surface area (Å²) in [5.74, 6) is 0.317. The number of rotatable bonds is 1. The highest BCUT2D eigenvalue weighted by Crippen LogP contribution is 2.21. The topological polar surface area (TPSA) is 32.3 Å². The van der Waals surface area contributed by atoms with E-state index in [0.29, 0.717) is 12.5 Å². The Hall–Kier alpha value is -0.340. The fourth-order valence-electron chi connectivity index (χ4n) is 1.25. The van der Waals surface area contributed by atoms with E-state index in [2.05, 4.69) is 31.3 Å². The van der Waals surface area contributed by atoms with Crippen LogP contribution in [0.2, 0.25) is 0 Å². The Bertz CT molecular complexity index is 154. The van der Waals surface area contributed by atoms with E-state index < -0.39 is 5.60 Å². The molecule has 1 heterocycles. The minimum absolute atomic E-state index is 0.317. The van der Waals surface area contributed by atoms with Gasteiger partial charge in [-0.25, -0.2) is 0 Å². The van der Waals surface area contributed by atoms with Crippen molar-refractivity contribution in [1.29, 1.82) is 0 Å². The monoisotopic (exact) mass is 155 g/mol. The molecule has 1 aliphatic rings. The standard InChI is InChI=1S/C9H17NO/c1-8(2)9(11)5-3-4-6-10-7-9/h3-4,8,10-11H,5-7H2,1-2H3/t9-/m1/s1. The second kappa shape index (κ2) is 3.37. The molecule has 1 aliphatic heterocycles. The summed E-state index contributed by atoms with van der Waals surface area (Å²) < 4.78 is 0. The summed E-state index contributed by atoms with van der Waals surface area (Å²) in [4.78, 5) is 0. The van der Waals surface area contributed by atoms with E-state index in [0.717, 1.165) is 13.0 Å². The number of nitrogens with one attached hydrogen (secondary N) is 1. The maximum atomic E-state index is 10.0. The summed E-state index contributed by atoms with van der Waals surface area (Å²) in [6, 6.07) is 0. The van der Waals surface area contributed by atoms with Gasteiger partial charge in [0.1, 0.15) is 0 Å². The highest BCUT2D eigenvalue weighted by molar-refractivity contribution is 4.98. The Morgan fingerprint density at radius 3 is 2.82 bits per heavy atom. The van der Waals surface area contributed by atoms with Gasteiger partial charge < -0.3 is 10.4 Å². The number of hydrogen-bond donors (Lipinski definition) is 2. The Labute approximate surface area is 68.3 Å². The first-order valence-corrected chi connectivity index (χ1v) is 4.23. The first-order valence-electron chi connectivity index (χ1n) is 4.23. The van der Waals surface area contributed by atoms with E-state index in [4.69, 9.17) is 0 Å². The van der Waals surface area contributed by atoms with Crippen LogP contribution in [0.25, 0.3) is 0 Å². The lowest BCUT2D eigenvalue weighted by atomic mass is 9.87. The largest absolute Gasteiger partial charge is 0.388 e. The molecule has 64 valence electrons. The Balaban J connectivity index is 2.60. The van der Waals surface area contributed by atoms with Crippen LogP contribution in [-0.4, -0.2) is 23.8 Å². The van der Waals surface area contributed by atoms with Gasteiger partial charge in [-0.15, -0.1) is 0 Å². The van der Waals surface area contributed by atoms with Crippen LogP contribution in [0, 0.1) is 5.92 Å². The van der Waals surface area contributed by atoms with Crippen LogP contribution in [0.1, 0.15) is 20.3 Å². The fraction of sp³-hybridized carbons (Fsp3) is 0.778. The molecule has 0 saturated heterocycles. The van der Waals surface area contributed by atoms with Crippen molar-refractivity contribution in [2.24, 2.45) is 5.92 Å². The molecule has 1 atom stereocenters. The van der Waals surface area contributed by atoms with Crippen molar-refractivity contribution in [2.45, 2.75) is 25.9 Å². The van der Waals surface area contributed by atoms with Crippen molar-refractivity contribution in [3.05, 3.63) is 12.2 Å². The van der Waals surface area contributed by atoms with Gasteiger partial charge in [-0.3, -0.25) is 0 Å². The SMILES string of the molecule is CC(C)[C@@]1(O)CC=CCNC1. The molecule has 0 aliphatic carbocycles. The second-order valence-electron chi connectivity index (χ2n) is 3.56. The molecule has 0 aromatic heterocycles. The molecule has 0 fully saturated rings. The van der Waals surface area contributed by atoms with Gasteiger partial charge in [0.25, 0.3) is 0 Å². The Kier molecular flexibility index (Phi) is 2.68. The fourth-order valence-corrected chi connectivity index (χ4v) is 1.25. The van der Waals surface area contributed by atoms with Crippen LogP contribution in [0.5, 0.6) is 0 Å². The molecule has 2 heteroatoms. The molecule has 2 N–H and O–H groups in total. The van der Waals surface area contributed by atoms with Gasteiger partial charge >= 0.3 is 0 Å². The summed E-state index contributed by atoms with van der Waals surface area (Å²) in [7, 11) is 0. The summed E-state index contributed by atoms with van der Waals surface area (Å²) in [5, 5.41) is 13.2. The zero-order chi connectivity index (χ0) is 8.32. The third kappa shape index (κ3) is 2.04. The third-order valence-electron chi connectivity index (χ3n) is 2.41. The van der Waals surface area contributed by atoms with E-state index in [1.54, 1.807) is 0 Å². The summed E-state index contributed by atoms with van der Waals surface area (Å²) in [6.07, 6.45) is 4.90. The molecule has 11 heavy (non-hydrogen) atoms. The first kappa shape index (κ1) is 8.75. The van der Waals surface area contributed by atoms with Crippen molar-refractivity contribution in [3.63, 3.8) is 0 Å². The van der Waals surface area contributed by atoms with Crippen LogP contribution in [-0.2, 0) is 0 Å². The molecule has 0 spiro atoms. The maximum Gasteiger partial charge on any atom is 0.0828 e. The zero-order valence-corrected chi connectivity index (χ0v) is 7.30. The lowest BCUT2D eigenvalue weighted by Gasteiger charge is -2.30. The average Bonchev–Trinajstić information content (AvgIpc) is 2.15. The van der Waals surface area contributed by atoms with Gasteiger partial charge in [-0.05, 0) is 12.3 Å². The van der Waals surface area contributed by atoms with Gasteiger partial charge in [0.05, 0.1) is 5.60 Å². The van der Waals surface area contributed by atoms with Crippen LogP contribution in [0.15, 0.2) is 12.2 Å². The van der Waals surface area contributed by atoms with Crippen molar-refractivity contribution < 1.29 is 5.11 Å². The number of aliphatic hydroxyl groups is 1. The van der Waals surface area contributed by atoms with Crippen LogP contribution >= 0.6 is 0 Å². The van der Waals surface area contributed by atoms with E-state index >= 15 is 0 Å². The van der Waals surface area contributed by atoms with E-state index in [1.165, 1.54) is 0 Å². The van der Waals surface area contributed by atoms with Crippen LogP contribution in [0.3, 0.4) is 0 Å². The molecular weight excluding hydrogens is 138 g/mol. The van der Waals surface area contributed by atoms with Crippen molar-refractivity contribution in [3.8, 4) is 0 Å². The van der Waals surface area contributed by atoms with Crippen molar-refractivity contribution in [2.75, 3.05) is 13.1 Å². The molecule has 0 saturated carbocycles. The number of β-amino-alcohol motifs (C(OH)–C–C–N with tert-alkyl or cyclic N) is 1. The summed E-state index contributed by atoms with van der Waals surface area (Å²) in [6.45, 7) is 5.70. The Morgan fingerprint density at radius 2 is 2.18 bits per heavy atom. The molecule has 0 unspecified atom stereocenters. The average molecular weight is 155 g/mol. The van der Waals surface area contributed by atoms with Crippen molar-refractivity contribution in [1.82, 2.24) is 5.32 Å². The van der Waals surface area contributed by atoms with Crippen LogP contribution in [0.4, 0.5) is 0 Å². The molecule has 0 radical (unpaired) electrons. The third-order valence-corrected chi connectivity index (χ3v) is 2.41. The summed E-state index contributed by atoms with van der Waals surface area (Å²) in [5.41, 5.74) is -0.535. The Morgan fingerprint density at radius 1 is 1.45 bits per heavy atom. The van der Waals surface area contributed by atoms with Gasteiger partial charge in [-0.2, -0.15) is 0 Å². The van der Waals surface area contributed by atoms with Crippen LogP contribution < -0.4 is 5.32 Å². The first-order chi connectivity index (χ1) is 5.15. The molecular formula is C9H17NO. The normalized spacial score (nSPS) is 32.4. The van der Waals surface area contributed by atoms with Crippen molar-refractivity contribution >= 4 is 0 Å². The van der Waals surface area contributed by atoms with E-state index in [-0.39, 0.29) is 0 Å². The lowest BCUT2D eigenvalue weighted by molar-refractivity contribution is 0.00108. The van der Waals surface area contributed by atoms with Gasteiger partial charge in [0, 0.05) is 13.1 Å². The minimum Gasteiger partial charge on any atom is -0.388 e. The second-order valence-corrected chi connectivity index (χ2v) is 3.56. The van der Waals surface area contributed by atoms with E-state index in [1.807, 2.05) is 0 Å².